The summed E-state index contributed by atoms with van der Waals surface area (Å²) < 4.78 is 7.48. The molecule has 1 aliphatic heterocycles. The highest BCUT2D eigenvalue weighted by atomic mass is 35.5. The topological polar surface area (TPSA) is 27.1 Å². The molecule has 72 valence electrons. The summed E-state index contributed by atoms with van der Waals surface area (Å²) in [5, 5.41) is 4.35. The van der Waals surface area contributed by atoms with Crippen molar-refractivity contribution in [3.05, 3.63) is 18.0 Å². The number of hydrogen-bond donors (Lipinski definition) is 0. The van der Waals surface area contributed by atoms with Crippen LogP contribution in [0.25, 0.3) is 0 Å². The zero-order chi connectivity index (χ0) is 9.26. The van der Waals surface area contributed by atoms with Crippen LogP contribution in [0.15, 0.2) is 12.3 Å². The van der Waals surface area contributed by atoms with E-state index < -0.39 is 0 Å². The third-order valence-corrected chi connectivity index (χ3v) is 2.81. The maximum absolute atomic E-state index is 6.07. The highest BCUT2D eigenvalue weighted by Crippen LogP contribution is 2.29. The third kappa shape index (κ3) is 1.86. The third-order valence-electron chi connectivity index (χ3n) is 2.41. The van der Waals surface area contributed by atoms with Crippen molar-refractivity contribution in [2.75, 3.05) is 6.61 Å². The fraction of sp³-hybridized carbons (Fsp3) is 0.667. The van der Waals surface area contributed by atoms with E-state index in [1.165, 1.54) is 0 Å². The predicted octanol–water partition coefficient (Wildman–Crippen LogP) is 1.88. The monoisotopic (exact) mass is 200 g/mol. The molecule has 0 bridgehead atoms. The molecule has 0 N–H and O–H groups in total. The fourth-order valence-electron chi connectivity index (χ4n) is 1.66. The summed E-state index contributed by atoms with van der Waals surface area (Å²) in [5.41, 5.74) is 1.12. The number of aryl methyl sites for hydroxylation is 1. The van der Waals surface area contributed by atoms with Crippen LogP contribution < -0.4 is 0 Å². The van der Waals surface area contributed by atoms with Gasteiger partial charge in [-0.3, -0.25) is 4.68 Å². The van der Waals surface area contributed by atoms with E-state index in [1.807, 2.05) is 17.8 Å². The largest absolute Gasteiger partial charge is 0.372 e. The highest BCUT2D eigenvalue weighted by molar-refractivity contribution is 6.20. The number of ether oxygens (including phenoxy) is 1. The Balaban J connectivity index is 2.12. The van der Waals surface area contributed by atoms with Crippen molar-refractivity contribution in [2.24, 2.45) is 7.05 Å². The molecule has 2 heterocycles. The zero-order valence-electron chi connectivity index (χ0n) is 7.61. The van der Waals surface area contributed by atoms with Crippen LogP contribution in [0.4, 0.5) is 0 Å². The number of hydrogen-bond acceptors (Lipinski definition) is 2. The number of rotatable bonds is 1. The quantitative estimate of drug-likeness (QED) is 0.648. The highest BCUT2D eigenvalue weighted by Gasteiger charge is 2.24. The van der Waals surface area contributed by atoms with Gasteiger partial charge in [-0.1, -0.05) is 0 Å². The van der Waals surface area contributed by atoms with Gasteiger partial charge >= 0.3 is 0 Å². The van der Waals surface area contributed by atoms with Gasteiger partial charge in [-0.2, -0.15) is 5.10 Å². The van der Waals surface area contributed by atoms with Gasteiger partial charge < -0.3 is 4.74 Å². The van der Waals surface area contributed by atoms with Crippen LogP contribution in [0.5, 0.6) is 0 Å². The standard InChI is InChI=1S/C9H13ClN2O/c1-12-8(2-4-11-12)9-6-7(10)3-5-13-9/h2,4,7,9H,3,5-6H2,1H3. The SMILES string of the molecule is Cn1nccc1C1CC(Cl)CCO1. The molecule has 2 rings (SSSR count). The van der Waals surface area contributed by atoms with Gasteiger partial charge in [0.05, 0.1) is 5.69 Å². The molecule has 0 aromatic carbocycles. The van der Waals surface area contributed by atoms with Crippen LogP contribution in [-0.2, 0) is 11.8 Å². The lowest BCUT2D eigenvalue weighted by Crippen LogP contribution is -2.21. The van der Waals surface area contributed by atoms with Crippen LogP contribution >= 0.6 is 11.6 Å². The molecule has 2 atom stereocenters. The molecule has 1 aromatic heterocycles. The van der Waals surface area contributed by atoms with Crippen molar-refractivity contribution in [3.63, 3.8) is 0 Å². The van der Waals surface area contributed by atoms with Gasteiger partial charge in [0.25, 0.3) is 0 Å². The van der Waals surface area contributed by atoms with E-state index in [0.717, 1.165) is 25.1 Å². The van der Waals surface area contributed by atoms with E-state index >= 15 is 0 Å². The maximum Gasteiger partial charge on any atom is 0.100 e. The molecule has 3 nitrogen and oxygen atoms in total. The first-order valence-corrected chi connectivity index (χ1v) is 4.94. The Morgan fingerprint density at radius 1 is 1.69 bits per heavy atom. The van der Waals surface area contributed by atoms with Crippen molar-refractivity contribution in [3.8, 4) is 0 Å². The molecular weight excluding hydrogens is 188 g/mol. The number of halogens is 1. The van der Waals surface area contributed by atoms with E-state index in [2.05, 4.69) is 5.10 Å². The average molecular weight is 201 g/mol. The van der Waals surface area contributed by atoms with Crippen LogP contribution in [0.1, 0.15) is 24.6 Å². The Bertz CT molecular complexity index is 287. The lowest BCUT2D eigenvalue weighted by atomic mass is 10.1. The maximum atomic E-state index is 6.07. The molecule has 1 aliphatic rings. The van der Waals surface area contributed by atoms with Crippen LogP contribution in [0.2, 0.25) is 0 Å². The summed E-state index contributed by atoms with van der Waals surface area (Å²) in [5.74, 6) is 0. The normalized spacial score (nSPS) is 29.1. The second kappa shape index (κ2) is 3.68. The number of alkyl halides is 1. The van der Waals surface area contributed by atoms with Gasteiger partial charge in [0, 0.05) is 25.2 Å². The molecule has 1 aromatic rings. The van der Waals surface area contributed by atoms with Crippen LogP contribution in [0, 0.1) is 0 Å². The zero-order valence-corrected chi connectivity index (χ0v) is 8.37. The van der Waals surface area contributed by atoms with Gasteiger partial charge in [0.2, 0.25) is 0 Å². The lowest BCUT2D eigenvalue weighted by molar-refractivity contribution is 0.0120. The van der Waals surface area contributed by atoms with Crippen molar-refractivity contribution < 1.29 is 4.74 Å². The van der Waals surface area contributed by atoms with E-state index in [0.29, 0.717) is 0 Å². The van der Waals surface area contributed by atoms with E-state index in [1.54, 1.807) is 6.20 Å². The van der Waals surface area contributed by atoms with Gasteiger partial charge in [0.1, 0.15) is 6.10 Å². The fourth-order valence-corrected chi connectivity index (χ4v) is 1.91. The molecule has 0 aliphatic carbocycles. The van der Waals surface area contributed by atoms with Gasteiger partial charge in [-0.05, 0) is 18.9 Å². The first-order chi connectivity index (χ1) is 6.27. The Kier molecular flexibility index (Phi) is 2.56. The summed E-state index contributed by atoms with van der Waals surface area (Å²) in [6.07, 6.45) is 3.76. The molecule has 1 saturated heterocycles. The summed E-state index contributed by atoms with van der Waals surface area (Å²) in [4.78, 5) is 0. The minimum atomic E-state index is 0.128. The molecule has 0 spiro atoms. The van der Waals surface area contributed by atoms with E-state index in [4.69, 9.17) is 16.3 Å². The molecule has 4 heteroatoms. The van der Waals surface area contributed by atoms with Crippen molar-refractivity contribution in [1.29, 1.82) is 0 Å². The van der Waals surface area contributed by atoms with Crippen LogP contribution in [-0.4, -0.2) is 21.8 Å². The molecule has 0 radical (unpaired) electrons. The van der Waals surface area contributed by atoms with Crippen molar-refractivity contribution >= 4 is 11.6 Å². The molecule has 13 heavy (non-hydrogen) atoms. The molecular formula is C9H13ClN2O. The van der Waals surface area contributed by atoms with E-state index in [-0.39, 0.29) is 11.5 Å². The van der Waals surface area contributed by atoms with Gasteiger partial charge in [-0.25, -0.2) is 0 Å². The average Bonchev–Trinajstić information content (AvgIpc) is 2.51. The minimum Gasteiger partial charge on any atom is -0.372 e. The predicted molar refractivity (Wildman–Crippen MR) is 50.8 cm³/mol. The Hall–Kier alpha value is -0.540. The second-order valence-electron chi connectivity index (χ2n) is 3.36. The summed E-state index contributed by atoms with van der Waals surface area (Å²) >= 11 is 6.07. The van der Waals surface area contributed by atoms with Crippen molar-refractivity contribution in [2.45, 2.75) is 24.3 Å². The van der Waals surface area contributed by atoms with Crippen LogP contribution in [0.3, 0.4) is 0 Å². The van der Waals surface area contributed by atoms with E-state index in [9.17, 15) is 0 Å². The first kappa shape index (κ1) is 9.03. The Morgan fingerprint density at radius 3 is 3.15 bits per heavy atom. The molecule has 1 fully saturated rings. The molecule has 2 unspecified atom stereocenters. The van der Waals surface area contributed by atoms with Gasteiger partial charge in [-0.15, -0.1) is 11.6 Å². The number of nitrogens with zero attached hydrogens (tertiary/aromatic N) is 2. The summed E-state index contributed by atoms with van der Waals surface area (Å²) in [6.45, 7) is 0.754. The lowest BCUT2D eigenvalue weighted by Gasteiger charge is -2.25. The smallest absolute Gasteiger partial charge is 0.100 e. The first-order valence-electron chi connectivity index (χ1n) is 4.51. The molecule has 0 saturated carbocycles. The molecule has 0 amide bonds. The van der Waals surface area contributed by atoms with Gasteiger partial charge in [0.15, 0.2) is 0 Å². The summed E-state index contributed by atoms with van der Waals surface area (Å²) in [6, 6.07) is 1.99. The number of aromatic nitrogens is 2. The minimum absolute atomic E-state index is 0.128. The van der Waals surface area contributed by atoms with Crippen molar-refractivity contribution in [1.82, 2.24) is 9.78 Å². The second-order valence-corrected chi connectivity index (χ2v) is 3.98. The Morgan fingerprint density at radius 2 is 2.54 bits per heavy atom. The Labute approximate surface area is 82.6 Å². The summed E-state index contributed by atoms with van der Waals surface area (Å²) in [7, 11) is 1.93.